The molecule has 2 aliphatic rings. The second-order valence-corrected chi connectivity index (χ2v) is 9.32. The Morgan fingerprint density at radius 1 is 1.16 bits per heavy atom. The van der Waals surface area contributed by atoms with Crippen molar-refractivity contribution in [3.05, 3.63) is 65.5 Å². The Labute approximate surface area is 213 Å². The van der Waals surface area contributed by atoms with Gasteiger partial charge in [-0.15, -0.1) is 0 Å². The van der Waals surface area contributed by atoms with Crippen molar-refractivity contribution < 1.29 is 28.8 Å². The van der Waals surface area contributed by atoms with Crippen LogP contribution in [-0.4, -0.2) is 44.9 Å². The first-order valence-electron chi connectivity index (χ1n) is 12.4. The summed E-state index contributed by atoms with van der Waals surface area (Å²) >= 11 is 0. The number of benzene rings is 1. The van der Waals surface area contributed by atoms with Crippen molar-refractivity contribution in [1.82, 2.24) is 15.2 Å². The van der Waals surface area contributed by atoms with Crippen LogP contribution in [0.1, 0.15) is 50.5 Å². The first kappa shape index (κ1) is 26.2. The van der Waals surface area contributed by atoms with Gasteiger partial charge in [-0.3, -0.25) is 19.2 Å². The monoisotopic (exact) mass is 511 g/mol. The average molecular weight is 512 g/mol. The van der Waals surface area contributed by atoms with E-state index in [4.69, 9.17) is 4.84 Å². The third-order valence-corrected chi connectivity index (χ3v) is 6.58. The van der Waals surface area contributed by atoms with Crippen molar-refractivity contribution in [2.24, 2.45) is 21.9 Å². The van der Waals surface area contributed by atoms with E-state index in [1.807, 2.05) is 30.3 Å². The molecule has 0 saturated heterocycles. The highest BCUT2D eigenvalue weighted by Crippen LogP contribution is 2.33. The minimum atomic E-state index is -1.01. The number of amides is 3. The van der Waals surface area contributed by atoms with Crippen LogP contribution in [0, 0.1) is 17.7 Å². The second-order valence-electron chi connectivity index (χ2n) is 9.32. The van der Waals surface area contributed by atoms with Crippen molar-refractivity contribution in [3.63, 3.8) is 0 Å². The molecule has 2 N–H and O–H groups in total. The number of aromatic nitrogens is 1. The number of rotatable bonds is 9. The van der Waals surface area contributed by atoms with Gasteiger partial charge in [-0.25, -0.2) is 14.9 Å². The van der Waals surface area contributed by atoms with Crippen LogP contribution in [0.3, 0.4) is 0 Å². The molecule has 0 spiro atoms. The van der Waals surface area contributed by atoms with Crippen LogP contribution in [0.2, 0.25) is 0 Å². The third kappa shape index (κ3) is 7.10. The summed E-state index contributed by atoms with van der Waals surface area (Å²) in [6.07, 6.45) is 6.89. The molecule has 1 fully saturated rings. The molecule has 196 valence electrons. The zero-order valence-electron chi connectivity index (χ0n) is 20.3. The van der Waals surface area contributed by atoms with Gasteiger partial charge in [-0.05, 0) is 30.0 Å². The lowest BCUT2D eigenvalue weighted by molar-refractivity contribution is -0.146. The molecule has 1 aromatic carbocycles. The molecule has 1 aliphatic carbocycles. The molecule has 4 rings (SSSR count). The van der Waals surface area contributed by atoms with Gasteiger partial charge in [0.2, 0.25) is 11.8 Å². The van der Waals surface area contributed by atoms with E-state index in [1.165, 1.54) is 6.21 Å². The van der Waals surface area contributed by atoms with Crippen LogP contribution >= 0.6 is 0 Å². The third-order valence-electron chi connectivity index (χ3n) is 6.58. The van der Waals surface area contributed by atoms with Crippen molar-refractivity contribution in [1.29, 1.82) is 0 Å². The number of carbonyl (C=O) groups excluding carboxylic acids is 3. The first-order valence-corrected chi connectivity index (χ1v) is 12.4. The summed E-state index contributed by atoms with van der Waals surface area (Å²) in [6, 6.07) is 10.6. The van der Waals surface area contributed by atoms with Gasteiger partial charge in [0.25, 0.3) is 5.91 Å². The summed E-state index contributed by atoms with van der Waals surface area (Å²) in [5.74, 6) is -2.67. The molecule has 1 aliphatic heterocycles. The van der Waals surface area contributed by atoms with Gasteiger partial charge < -0.3 is 5.21 Å². The molecule has 2 aromatic rings. The molecule has 0 unspecified atom stereocenters. The largest absolute Gasteiger partial charge is 0.427 e. The number of carbonyl (C=O) groups is 3. The molecular formula is C26H30FN5O5. The number of hydrogen-bond acceptors (Lipinski definition) is 6. The van der Waals surface area contributed by atoms with Crippen LogP contribution in [0.5, 0.6) is 0 Å². The Morgan fingerprint density at radius 2 is 1.92 bits per heavy atom. The average Bonchev–Trinajstić information content (AvgIpc) is 3.58. The van der Waals surface area contributed by atoms with Gasteiger partial charge in [-0.1, -0.05) is 56.0 Å². The fraction of sp³-hybridized carbons (Fsp3) is 0.423. The number of hydroxylamine groups is 1. The Hall–Kier alpha value is -3.86. The predicted octanol–water partition coefficient (Wildman–Crippen LogP) is 2.71. The lowest BCUT2D eigenvalue weighted by Crippen LogP contribution is -2.43. The number of halogens is 1. The number of nitrogens with zero attached hydrogens (tertiary/aromatic N) is 4. The fourth-order valence-corrected chi connectivity index (χ4v) is 4.71. The quantitative estimate of drug-likeness (QED) is 0.396. The highest BCUT2D eigenvalue weighted by Gasteiger charge is 2.38. The van der Waals surface area contributed by atoms with Crippen LogP contribution in [-0.2, 0) is 25.8 Å². The summed E-state index contributed by atoms with van der Waals surface area (Å²) in [5.41, 5.74) is 3.13. The van der Waals surface area contributed by atoms with Crippen LogP contribution in [0.15, 0.2) is 58.8 Å². The zero-order valence-corrected chi connectivity index (χ0v) is 20.3. The van der Waals surface area contributed by atoms with E-state index in [2.05, 4.69) is 15.6 Å². The smallest absolute Gasteiger partial charge is 0.273 e. The maximum atomic E-state index is 13.5. The second kappa shape index (κ2) is 12.4. The van der Waals surface area contributed by atoms with E-state index in [-0.39, 0.29) is 24.9 Å². The van der Waals surface area contributed by atoms with E-state index >= 15 is 0 Å². The molecule has 37 heavy (non-hydrogen) atoms. The Bertz CT molecular complexity index is 1210. The van der Waals surface area contributed by atoms with Crippen molar-refractivity contribution >= 4 is 23.9 Å². The zero-order chi connectivity index (χ0) is 26.2. The van der Waals surface area contributed by atoms with E-state index in [9.17, 15) is 24.0 Å². The predicted molar refractivity (Wildman–Crippen MR) is 130 cm³/mol. The molecule has 10 nitrogen and oxygen atoms in total. The maximum Gasteiger partial charge on any atom is 0.273 e. The summed E-state index contributed by atoms with van der Waals surface area (Å²) in [7, 11) is 0. The first-order chi connectivity index (χ1) is 17.9. The Kier molecular flexibility index (Phi) is 8.78. The van der Waals surface area contributed by atoms with E-state index in [1.54, 1.807) is 0 Å². The minimum Gasteiger partial charge on any atom is -0.427 e. The molecule has 2 atom stereocenters. The molecule has 1 saturated carbocycles. The van der Waals surface area contributed by atoms with Gasteiger partial charge in [0.05, 0.1) is 12.8 Å². The van der Waals surface area contributed by atoms with Gasteiger partial charge in [0, 0.05) is 25.0 Å². The van der Waals surface area contributed by atoms with E-state index < -0.39 is 35.5 Å². The van der Waals surface area contributed by atoms with Crippen LogP contribution in [0.4, 0.5) is 4.39 Å². The number of hydrogen-bond donors (Lipinski definition) is 2. The Morgan fingerprint density at radius 3 is 2.65 bits per heavy atom. The topological polar surface area (TPSA) is 126 Å². The van der Waals surface area contributed by atoms with E-state index in [0.29, 0.717) is 17.1 Å². The number of hydrazone groups is 1. The normalized spacial score (nSPS) is 18.8. The lowest BCUT2D eigenvalue weighted by Gasteiger charge is -2.26. The highest BCUT2D eigenvalue weighted by molar-refractivity contribution is 5.94. The highest BCUT2D eigenvalue weighted by atomic mass is 19.1. The summed E-state index contributed by atoms with van der Waals surface area (Å²) in [5, 5.41) is 15.0. The fourth-order valence-electron chi connectivity index (χ4n) is 4.71. The SMILES string of the molecule is O=C(C[C@@H](CC1CCCC1)C(=O)N1N=CC[C@H]1C(=O)N=c1ccc(F)cn1O)NOCc1ccccc1. The molecule has 0 bridgehead atoms. The van der Waals surface area contributed by atoms with Gasteiger partial charge >= 0.3 is 0 Å². The number of pyridine rings is 1. The molecule has 3 amide bonds. The lowest BCUT2D eigenvalue weighted by atomic mass is 9.89. The Balaban J connectivity index is 1.43. The van der Waals surface area contributed by atoms with E-state index in [0.717, 1.165) is 54.6 Å². The van der Waals surface area contributed by atoms with Gasteiger partial charge in [0.15, 0.2) is 5.49 Å². The van der Waals surface area contributed by atoms with Crippen LogP contribution < -0.4 is 11.0 Å². The van der Waals surface area contributed by atoms with Crippen LogP contribution in [0.25, 0.3) is 0 Å². The molecule has 0 radical (unpaired) electrons. The summed E-state index contributed by atoms with van der Waals surface area (Å²) < 4.78 is 13.7. The molecular weight excluding hydrogens is 481 g/mol. The van der Waals surface area contributed by atoms with Crippen molar-refractivity contribution in [3.8, 4) is 0 Å². The van der Waals surface area contributed by atoms with Crippen molar-refractivity contribution in [2.45, 2.75) is 57.6 Å². The minimum absolute atomic E-state index is 0.108. The summed E-state index contributed by atoms with van der Waals surface area (Å²) in [6.45, 7) is 0.191. The molecule has 11 heteroatoms. The van der Waals surface area contributed by atoms with Gasteiger partial charge in [-0.2, -0.15) is 14.8 Å². The summed E-state index contributed by atoms with van der Waals surface area (Å²) in [4.78, 5) is 48.2. The van der Waals surface area contributed by atoms with Gasteiger partial charge in [0.1, 0.15) is 11.9 Å². The number of nitrogens with one attached hydrogen (secondary N) is 1. The molecule has 2 heterocycles. The standard InChI is InChI=1S/C26H30FN5O5/c27-21-10-11-23(31(36)16-21)29-25(34)22-12-13-28-32(22)26(35)20(14-18-6-4-5-7-18)15-24(33)30-37-17-19-8-2-1-3-9-19/h1-3,8-11,13,16,18,20,22,36H,4-7,12,14-15,17H2,(H,30,33)/t20-,22+/m1/s1. The maximum absolute atomic E-state index is 13.5. The van der Waals surface area contributed by atoms with Crippen molar-refractivity contribution in [2.75, 3.05) is 0 Å². The molecule has 1 aromatic heterocycles.